The summed E-state index contributed by atoms with van der Waals surface area (Å²) >= 11 is 4.74. The molecule has 2 N–H and O–H groups in total. The first-order chi connectivity index (χ1) is 8.80. The van der Waals surface area contributed by atoms with Crippen molar-refractivity contribution in [1.29, 1.82) is 0 Å². The Morgan fingerprint density at radius 1 is 1.26 bits per heavy atom. The first kappa shape index (κ1) is 14.6. The molecule has 0 bridgehead atoms. The van der Waals surface area contributed by atoms with Crippen LogP contribution in [0.15, 0.2) is 34.8 Å². The number of hydrogen-bond donors (Lipinski definition) is 1. The predicted octanol–water partition coefficient (Wildman–Crippen LogP) is 4.89. The highest BCUT2D eigenvalue weighted by atomic mass is 79.9. The first-order valence-electron chi connectivity index (χ1n) is 5.48. The van der Waals surface area contributed by atoms with Crippen LogP contribution in [-0.4, -0.2) is 0 Å². The van der Waals surface area contributed by atoms with E-state index in [4.69, 9.17) is 5.73 Å². The molecular weight excluding hydrogens is 339 g/mol. The summed E-state index contributed by atoms with van der Waals surface area (Å²) in [5.41, 5.74) is 5.42. The first-order valence-corrected chi connectivity index (χ1v) is 7.09. The summed E-state index contributed by atoms with van der Waals surface area (Å²) < 4.78 is 39.6. The van der Waals surface area contributed by atoms with Crippen LogP contribution in [0.3, 0.4) is 0 Å². The van der Waals surface area contributed by atoms with E-state index in [9.17, 15) is 13.2 Å². The summed E-state index contributed by atoms with van der Waals surface area (Å²) in [5, 5.41) is 0. The summed E-state index contributed by atoms with van der Waals surface area (Å²) in [5.74, 6) is 0. The molecule has 1 aromatic carbocycles. The van der Waals surface area contributed by atoms with Crippen LogP contribution in [0.4, 0.5) is 13.2 Å². The number of alkyl halides is 3. The van der Waals surface area contributed by atoms with Crippen molar-refractivity contribution in [2.45, 2.75) is 19.1 Å². The van der Waals surface area contributed by atoms with E-state index in [2.05, 4.69) is 15.9 Å². The Bertz CT molecular complexity index is 592. The fourth-order valence-electron chi connectivity index (χ4n) is 1.88. The molecule has 0 aliphatic heterocycles. The summed E-state index contributed by atoms with van der Waals surface area (Å²) in [4.78, 5) is 1.70. The Kier molecular flexibility index (Phi) is 4.03. The number of halogens is 4. The number of nitrogens with two attached hydrogens (primary N) is 1. The van der Waals surface area contributed by atoms with E-state index in [1.165, 1.54) is 23.5 Å². The van der Waals surface area contributed by atoms with Gasteiger partial charge in [0, 0.05) is 14.2 Å². The van der Waals surface area contributed by atoms with Crippen LogP contribution in [0.1, 0.15) is 26.9 Å². The number of benzene rings is 1. The van der Waals surface area contributed by atoms with Crippen molar-refractivity contribution in [2.24, 2.45) is 5.73 Å². The molecule has 1 aromatic heterocycles. The van der Waals surface area contributed by atoms with Crippen molar-refractivity contribution in [3.63, 3.8) is 0 Å². The molecule has 1 unspecified atom stereocenters. The number of rotatable bonds is 2. The van der Waals surface area contributed by atoms with Crippen LogP contribution in [0.5, 0.6) is 0 Å². The van der Waals surface area contributed by atoms with Crippen molar-refractivity contribution in [1.82, 2.24) is 0 Å². The van der Waals surface area contributed by atoms with E-state index in [1.54, 1.807) is 6.07 Å². The van der Waals surface area contributed by atoms with Gasteiger partial charge in [-0.05, 0) is 40.5 Å². The van der Waals surface area contributed by atoms with Crippen molar-refractivity contribution < 1.29 is 13.2 Å². The quantitative estimate of drug-likeness (QED) is 0.820. The standard InChI is InChI=1S/C13H11BrF3NS/c1-7-6-10(14)12(19-7)11(18)8-4-2-3-5-9(8)13(15,16)17/h2-6,11H,18H2,1H3. The molecule has 6 heteroatoms. The molecule has 2 aromatic rings. The van der Waals surface area contributed by atoms with Crippen molar-refractivity contribution in [3.05, 3.63) is 55.7 Å². The molecule has 0 aliphatic carbocycles. The van der Waals surface area contributed by atoms with Gasteiger partial charge >= 0.3 is 6.18 Å². The molecule has 2 rings (SSSR count). The average molecular weight is 350 g/mol. The van der Waals surface area contributed by atoms with E-state index < -0.39 is 17.8 Å². The Hall–Kier alpha value is -0.850. The monoisotopic (exact) mass is 349 g/mol. The summed E-state index contributed by atoms with van der Waals surface area (Å²) in [6.07, 6.45) is -4.40. The van der Waals surface area contributed by atoms with E-state index >= 15 is 0 Å². The molecule has 102 valence electrons. The Morgan fingerprint density at radius 3 is 2.42 bits per heavy atom. The lowest BCUT2D eigenvalue weighted by Gasteiger charge is -2.17. The predicted molar refractivity (Wildman–Crippen MR) is 74.2 cm³/mol. The van der Waals surface area contributed by atoms with Gasteiger partial charge in [-0.1, -0.05) is 18.2 Å². The minimum atomic E-state index is -4.40. The van der Waals surface area contributed by atoms with E-state index in [0.717, 1.165) is 15.4 Å². The van der Waals surface area contributed by atoms with Gasteiger partial charge in [0.1, 0.15) is 0 Å². The minimum absolute atomic E-state index is 0.0950. The Labute approximate surface area is 121 Å². The maximum atomic E-state index is 13.0. The van der Waals surface area contributed by atoms with Gasteiger partial charge in [-0.15, -0.1) is 11.3 Å². The molecule has 1 atom stereocenters. The van der Waals surface area contributed by atoms with Crippen LogP contribution in [0.25, 0.3) is 0 Å². The zero-order valence-corrected chi connectivity index (χ0v) is 12.4. The molecule has 0 amide bonds. The van der Waals surface area contributed by atoms with Crippen LogP contribution >= 0.6 is 27.3 Å². The van der Waals surface area contributed by atoms with Crippen LogP contribution in [0, 0.1) is 6.92 Å². The third kappa shape index (κ3) is 3.01. The van der Waals surface area contributed by atoms with E-state index in [1.807, 2.05) is 13.0 Å². The van der Waals surface area contributed by atoms with E-state index in [-0.39, 0.29) is 5.56 Å². The van der Waals surface area contributed by atoms with Gasteiger partial charge in [-0.2, -0.15) is 13.2 Å². The van der Waals surface area contributed by atoms with Gasteiger partial charge in [-0.3, -0.25) is 0 Å². The zero-order valence-electron chi connectivity index (χ0n) is 9.96. The third-order valence-corrected chi connectivity index (χ3v) is 4.77. The van der Waals surface area contributed by atoms with Crippen LogP contribution in [-0.2, 0) is 6.18 Å². The zero-order chi connectivity index (χ0) is 14.2. The SMILES string of the molecule is Cc1cc(Br)c(C(N)c2ccccc2C(F)(F)F)s1. The van der Waals surface area contributed by atoms with E-state index in [0.29, 0.717) is 4.88 Å². The lowest BCUT2D eigenvalue weighted by Crippen LogP contribution is -2.17. The maximum Gasteiger partial charge on any atom is 0.416 e. The summed E-state index contributed by atoms with van der Waals surface area (Å²) in [6, 6.07) is 6.49. The number of aryl methyl sites for hydroxylation is 1. The molecule has 0 saturated heterocycles. The minimum Gasteiger partial charge on any atom is -0.320 e. The van der Waals surface area contributed by atoms with Crippen LogP contribution < -0.4 is 5.73 Å². The smallest absolute Gasteiger partial charge is 0.320 e. The maximum absolute atomic E-state index is 13.0. The highest BCUT2D eigenvalue weighted by molar-refractivity contribution is 9.10. The fourth-order valence-corrected chi connectivity index (χ4v) is 3.80. The van der Waals surface area contributed by atoms with Gasteiger partial charge in [0.2, 0.25) is 0 Å². The van der Waals surface area contributed by atoms with Crippen molar-refractivity contribution >= 4 is 27.3 Å². The molecule has 1 heterocycles. The summed E-state index contributed by atoms with van der Waals surface area (Å²) in [7, 11) is 0. The largest absolute Gasteiger partial charge is 0.416 e. The van der Waals surface area contributed by atoms with Gasteiger partial charge in [0.25, 0.3) is 0 Å². The second-order valence-corrected chi connectivity index (χ2v) is 6.27. The Morgan fingerprint density at radius 2 is 1.89 bits per heavy atom. The average Bonchev–Trinajstić information content (AvgIpc) is 2.66. The second-order valence-electron chi connectivity index (χ2n) is 4.13. The van der Waals surface area contributed by atoms with Gasteiger partial charge in [0.15, 0.2) is 0 Å². The highest BCUT2D eigenvalue weighted by Crippen LogP contribution is 2.39. The summed E-state index contributed by atoms with van der Waals surface area (Å²) in [6.45, 7) is 1.89. The lowest BCUT2D eigenvalue weighted by molar-refractivity contribution is -0.138. The van der Waals surface area contributed by atoms with Gasteiger partial charge in [-0.25, -0.2) is 0 Å². The number of hydrogen-bond acceptors (Lipinski definition) is 2. The number of thiophene rings is 1. The fraction of sp³-hybridized carbons (Fsp3) is 0.231. The molecule has 19 heavy (non-hydrogen) atoms. The molecule has 1 nitrogen and oxygen atoms in total. The molecule has 0 saturated carbocycles. The Balaban J connectivity index is 2.50. The molecular formula is C13H11BrF3NS. The normalized spacial score (nSPS) is 13.6. The van der Waals surface area contributed by atoms with Crippen LogP contribution in [0.2, 0.25) is 0 Å². The molecule has 0 fully saturated rings. The lowest BCUT2D eigenvalue weighted by atomic mass is 9.99. The topological polar surface area (TPSA) is 26.0 Å². The van der Waals surface area contributed by atoms with Crippen molar-refractivity contribution in [2.75, 3.05) is 0 Å². The second kappa shape index (κ2) is 5.26. The molecule has 0 spiro atoms. The van der Waals surface area contributed by atoms with Gasteiger partial charge in [0.05, 0.1) is 11.6 Å². The molecule has 0 aliphatic rings. The molecule has 0 radical (unpaired) electrons. The highest BCUT2D eigenvalue weighted by Gasteiger charge is 2.35. The third-order valence-electron chi connectivity index (χ3n) is 2.72. The van der Waals surface area contributed by atoms with Gasteiger partial charge < -0.3 is 5.73 Å². The van der Waals surface area contributed by atoms with Crippen molar-refractivity contribution in [3.8, 4) is 0 Å².